The van der Waals surface area contributed by atoms with Crippen molar-refractivity contribution in [2.75, 3.05) is 57.5 Å². The molecule has 1 aromatic heterocycles. The number of nitrogens with one attached hydrogen (secondary N) is 1. The van der Waals surface area contributed by atoms with Gasteiger partial charge in [0.1, 0.15) is 0 Å². The van der Waals surface area contributed by atoms with Gasteiger partial charge in [0.15, 0.2) is 0 Å². The van der Waals surface area contributed by atoms with Crippen LogP contribution in [-0.4, -0.2) is 67.3 Å². The maximum Gasteiger partial charge on any atom is 0.0991 e. The van der Waals surface area contributed by atoms with E-state index in [1.54, 1.807) is 0 Å². The largest absolute Gasteiger partial charge is 0.369 e. The molecule has 0 amide bonds. The maximum absolute atomic E-state index is 6.04. The van der Waals surface area contributed by atoms with Crippen LogP contribution in [0.5, 0.6) is 0 Å². The van der Waals surface area contributed by atoms with Crippen LogP contribution < -0.4 is 10.2 Å². The van der Waals surface area contributed by atoms with Gasteiger partial charge in [0.2, 0.25) is 0 Å². The Balaban J connectivity index is 1.20. The van der Waals surface area contributed by atoms with Crippen molar-refractivity contribution >= 4 is 16.6 Å². The summed E-state index contributed by atoms with van der Waals surface area (Å²) < 4.78 is 8.10. The zero-order valence-electron chi connectivity index (χ0n) is 18.5. The lowest BCUT2D eigenvalue weighted by molar-refractivity contribution is 0.00382. The van der Waals surface area contributed by atoms with E-state index in [0.29, 0.717) is 0 Å². The maximum atomic E-state index is 6.04. The molecule has 2 aliphatic rings. The molecule has 0 radical (unpaired) electrons. The second-order valence-corrected chi connectivity index (χ2v) is 8.94. The molecule has 2 aliphatic heterocycles. The van der Waals surface area contributed by atoms with Gasteiger partial charge >= 0.3 is 0 Å². The van der Waals surface area contributed by atoms with Crippen molar-refractivity contribution in [3.05, 3.63) is 54.2 Å². The fraction of sp³-hybridized carbons (Fsp3) is 0.480. The zero-order chi connectivity index (χ0) is 21.0. The summed E-state index contributed by atoms with van der Waals surface area (Å²) in [4.78, 5) is 4.92. The van der Waals surface area contributed by atoms with Crippen LogP contribution in [0.4, 0.5) is 5.69 Å². The first-order chi connectivity index (χ1) is 15.3. The summed E-state index contributed by atoms with van der Waals surface area (Å²) >= 11 is 0. The van der Waals surface area contributed by atoms with Crippen LogP contribution in [0.1, 0.15) is 18.4 Å². The van der Waals surface area contributed by atoms with E-state index in [2.05, 4.69) is 74.3 Å². The van der Waals surface area contributed by atoms with E-state index in [0.717, 1.165) is 69.7 Å². The van der Waals surface area contributed by atoms with E-state index in [1.807, 2.05) is 6.20 Å². The molecule has 2 fully saturated rings. The molecule has 0 bridgehead atoms. The molecule has 3 heterocycles. The zero-order valence-corrected chi connectivity index (χ0v) is 18.5. The van der Waals surface area contributed by atoms with E-state index in [1.165, 1.54) is 29.5 Å². The summed E-state index contributed by atoms with van der Waals surface area (Å²) in [7, 11) is 0. The topological polar surface area (TPSA) is 45.6 Å². The highest BCUT2D eigenvalue weighted by Crippen LogP contribution is 2.25. The molecular formula is C25H33N5O. The molecule has 6 heteroatoms. The molecule has 31 heavy (non-hydrogen) atoms. The summed E-state index contributed by atoms with van der Waals surface area (Å²) in [6.07, 6.45) is 4.45. The first kappa shape index (κ1) is 20.5. The lowest BCUT2D eigenvalue weighted by Gasteiger charge is -2.36. The summed E-state index contributed by atoms with van der Waals surface area (Å²) in [5.74, 6) is 0.729. The van der Waals surface area contributed by atoms with E-state index < -0.39 is 0 Å². The minimum absolute atomic E-state index is 0.729. The van der Waals surface area contributed by atoms with Crippen molar-refractivity contribution in [1.29, 1.82) is 0 Å². The summed E-state index contributed by atoms with van der Waals surface area (Å²) in [6, 6.07) is 15.2. The fourth-order valence-corrected chi connectivity index (χ4v) is 4.70. The third-order valence-corrected chi connectivity index (χ3v) is 6.62. The van der Waals surface area contributed by atoms with Crippen LogP contribution in [-0.2, 0) is 4.74 Å². The molecule has 1 N–H and O–H groups in total. The summed E-state index contributed by atoms with van der Waals surface area (Å²) in [5.41, 5.74) is 4.80. The molecule has 0 unspecified atom stereocenters. The number of benzene rings is 2. The number of hydrogen-bond donors (Lipinski definition) is 1. The quantitative estimate of drug-likeness (QED) is 0.663. The molecule has 2 saturated heterocycles. The number of fused-ring (bicyclic) bond motifs is 1. The number of aryl methyl sites for hydroxylation is 1. The highest BCUT2D eigenvalue weighted by atomic mass is 16.5. The molecular weight excluding hydrogens is 386 g/mol. The van der Waals surface area contributed by atoms with Crippen molar-refractivity contribution in [3.63, 3.8) is 0 Å². The smallest absolute Gasteiger partial charge is 0.0991 e. The van der Waals surface area contributed by atoms with Crippen LogP contribution in [0.3, 0.4) is 0 Å². The molecule has 0 spiro atoms. The minimum Gasteiger partial charge on any atom is -0.369 e. The number of piperazine rings is 1. The summed E-state index contributed by atoms with van der Waals surface area (Å²) in [5, 5.41) is 9.25. The monoisotopic (exact) mass is 419 g/mol. The number of ether oxygens (including phenoxy) is 1. The molecule has 0 aliphatic carbocycles. The average molecular weight is 420 g/mol. The molecule has 6 nitrogen and oxygen atoms in total. The van der Waals surface area contributed by atoms with Gasteiger partial charge in [0.25, 0.3) is 0 Å². The van der Waals surface area contributed by atoms with Gasteiger partial charge in [-0.1, -0.05) is 12.1 Å². The lowest BCUT2D eigenvalue weighted by atomic mass is 9.99. The molecule has 2 aromatic carbocycles. The predicted octanol–water partition coefficient (Wildman–Crippen LogP) is 3.43. The highest BCUT2D eigenvalue weighted by Gasteiger charge is 2.19. The van der Waals surface area contributed by atoms with Crippen LogP contribution in [0.2, 0.25) is 0 Å². The SMILES string of the molecule is Cc1cccc(-n2ncc3ccc(N4CCN(COCC5CCNCC5)CC4)cc32)c1. The lowest BCUT2D eigenvalue weighted by Crippen LogP contribution is -2.47. The Morgan fingerprint density at radius 3 is 2.65 bits per heavy atom. The van der Waals surface area contributed by atoms with Gasteiger partial charge in [-0.25, -0.2) is 4.68 Å². The van der Waals surface area contributed by atoms with Crippen LogP contribution in [0.15, 0.2) is 48.7 Å². The minimum atomic E-state index is 0.729. The van der Waals surface area contributed by atoms with E-state index in [9.17, 15) is 0 Å². The summed E-state index contributed by atoms with van der Waals surface area (Å²) in [6.45, 7) is 10.2. The van der Waals surface area contributed by atoms with Crippen LogP contribution >= 0.6 is 0 Å². The van der Waals surface area contributed by atoms with Crippen molar-refractivity contribution in [2.24, 2.45) is 5.92 Å². The fourth-order valence-electron chi connectivity index (χ4n) is 4.70. The molecule has 0 atom stereocenters. The number of aromatic nitrogens is 2. The van der Waals surface area contributed by atoms with Crippen molar-refractivity contribution in [3.8, 4) is 5.69 Å². The van der Waals surface area contributed by atoms with E-state index in [-0.39, 0.29) is 0 Å². The van der Waals surface area contributed by atoms with Crippen molar-refractivity contribution in [2.45, 2.75) is 19.8 Å². The molecule has 5 rings (SSSR count). The van der Waals surface area contributed by atoms with Gasteiger partial charge in [-0.3, -0.25) is 4.90 Å². The Morgan fingerprint density at radius 1 is 1.00 bits per heavy atom. The Kier molecular flexibility index (Phi) is 6.20. The Morgan fingerprint density at radius 2 is 1.84 bits per heavy atom. The van der Waals surface area contributed by atoms with E-state index in [4.69, 9.17) is 4.74 Å². The van der Waals surface area contributed by atoms with Gasteiger partial charge in [0, 0.05) is 37.3 Å². The number of rotatable bonds is 6. The normalized spacial score (nSPS) is 18.7. The molecule has 3 aromatic rings. The number of piperidine rings is 1. The van der Waals surface area contributed by atoms with Gasteiger partial charge in [0.05, 0.1) is 30.7 Å². The first-order valence-electron chi connectivity index (χ1n) is 11.6. The van der Waals surface area contributed by atoms with Gasteiger partial charge in [-0.05, 0) is 74.7 Å². The molecule has 164 valence electrons. The second-order valence-electron chi connectivity index (χ2n) is 8.94. The van der Waals surface area contributed by atoms with Gasteiger partial charge in [-0.2, -0.15) is 5.10 Å². The highest BCUT2D eigenvalue weighted by molar-refractivity contribution is 5.84. The van der Waals surface area contributed by atoms with Gasteiger partial charge < -0.3 is 15.0 Å². The first-order valence-corrected chi connectivity index (χ1v) is 11.6. The van der Waals surface area contributed by atoms with Crippen LogP contribution in [0, 0.1) is 12.8 Å². The standard InChI is InChI=1S/C25H33N5O/c1-20-3-2-4-24(15-20)30-25-16-23(6-5-22(25)17-27-30)29-13-11-28(12-14-29)19-31-18-21-7-9-26-10-8-21/h2-6,15-17,21,26H,7-14,18-19H2,1H3. The predicted molar refractivity (Wildman–Crippen MR) is 126 cm³/mol. The Hall–Kier alpha value is -2.41. The van der Waals surface area contributed by atoms with E-state index >= 15 is 0 Å². The average Bonchev–Trinajstić information content (AvgIpc) is 3.24. The number of nitrogens with zero attached hydrogens (tertiary/aromatic N) is 4. The van der Waals surface area contributed by atoms with Crippen LogP contribution in [0.25, 0.3) is 16.6 Å². The Bertz CT molecular complexity index is 1000. The van der Waals surface area contributed by atoms with Crippen molar-refractivity contribution < 1.29 is 4.74 Å². The van der Waals surface area contributed by atoms with Crippen molar-refractivity contribution in [1.82, 2.24) is 20.0 Å². The number of anilines is 1. The third-order valence-electron chi connectivity index (χ3n) is 6.62. The second kappa shape index (κ2) is 9.39. The third kappa shape index (κ3) is 4.76. The Labute approximate surface area is 184 Å². The molecule has 0 saturated carbocycles. The van der Waals surface area contributed by atoms with Gasteiger partial charge in [-0.15, -0.1) is 0 Å². The number of hydrogen-bond acceptors (Lipinski definition) is 5.